The topological polar surface area (TPSA) is 127 Å². The molecule has 0 spiro atoms. The van der Waals surface area contributed by atoms with E-state index in [0.29, 0.717) is 16.9 Å². The Labute approximate surface area is 175 Å². The molecular formula is C20H17N3O6S. The van der Waals surface area contributed by atoms with Crippen molar-refractivity contribution in [3.05, 3.63) is 59.7 Å². The molecule has 1 heterocycles. The minimum absolute atomic E-state index is 0.225. The zero-order valence-corrected chi connectivity index (χ0v) is 16.6. The van der Waals surface area contributed by atoms with Crippen LogP contribution in [0.2, 0.25) is 0 Å². The Bertz CT molecular complexity index is 1020. The lowest BCUT2D eigenvalue weighted by Gasteiger charge is -2.09. The maximum Gasteiger partial charge on any atom is 0.343 e. The molecule has 1 saturated heterocycles. The highest BCUT2D eigenvalue weighted by atomic mass is 32.2. The second kappa shape index (κ2) is 9.70. The number of carboxylic acid groups (broad SMARTS) is 1. The number of hydrogen-bond donors (Lipinski definition) is 2. The standard InChI is InChI=1S/C20H17N3O6S/c1-28-15-9-12(7-8-14(15)29-19(27)13-5-3-2-4-6-13)11-21-23-20-22-18(26)16(30-20)10-17(24)25/h2-9,11,16H,10H2,1H3,(H,24,25)(H,22,23,26)/b21-11-/t16-/m1/s1. The van der Waals surface area contributed by atoms with Crippen molar-refractivity contribution in [3.63, 3.8) is 0 Å². The van der Waals surface area contributed by atoms with Crippen LogP contribution in [0.15, 0.2) is 58.7 Å². The molecule has 2 N–H and O–H groups in total. The number of aliphatic carboxylic acids is 1. The Hall–Kier alpha value is -3.66. The number of nitrogens with one attached hydrogen (secondary N) is 1. The van der Waals surface area contributed by atoms with Gasteiger partial charge in [-0.25, -0.2) is 4.79 Å². The summed E-state index contributed by atoms with van der Waals surface area (Å²) in [4.78, 5) is 34.6. The highest BCUT2D eigenvalue weighted by molar-refractivity contribution is 8.15. The van der Waals surface area contributed by atoms with Gasteiger partial charge in [-0.15, -0.1) is 5.10 Å². The molecule has 0 unspecified atom stereocenters. The summed E-state index contributed by atoms with van der Waals surface area (Å²) < 4.78 is 10.7. The van der Waals surface area contributed by atoms with Crippen molar-refractivity contribution in [1.29, 1.82) is 0 Å². The largest absolute Gasteiger partial charge is 0.493 e. The highest BCUT2D eigenvalue weighted by Crippen LogP contribution is 2.28. The molecule has 0 radical (unpaired) electrons. The Morgan fingerprint density at radius 3 is 2.67 bits per heavy atom. The molecule has 0 saturated carbocycles. The summed E-state index contributed by atoms with van der Waals surface area (Å²) >= 11 is 1.01. The first kappa shape index (κ1) is 21.1. The number of thioether (sulfide) groups is 1. The van der Waals surface area contributed by atoms with E-state index in [-0.39, 0.29) is 17.3 Å². The second-order valence-electron chi connectivity index (χ2n) is 6.01. The second-order valence-corrected chi connectivity index (χ2v) is 7.20. The molecular weight excluding hydrogens is 410 g/mol. The molecule has 1 aliphatic heterocycles. The average molecular weight is 427 g/mol. The molecule has 30 heavy (non-hydrogen) atoms. The average Bonchev–Trinajstić information content (AvgIpc) is 3.08. The minimum Gasteiger partial charge on any atom is -0.493 e. The first-order valence-corrected chi connectivity index (χ1v) is 9.60. The van der Waals surface area contributed by atoms with E-state index in [4.69, 9.17) is 14.6 Å². The van der Waals surface area contributed by atoms with Crippen LogP contribution in [0.25, 0.3) is 0 Å². The molecule has 2 aromatic rings. The summed E-state index contributed by atoms with van der Waals surface area (Å²) in [5, 5.41) is 18.6. The third-order valence-corrected chi connectivity index (χ3v) is 4.96. The number of carbonyl (C=O) groups excluding carboxylic acids is 2. The SMILES string of the molecule is COc1cc(/C=N\N=C2\NC(=O)[C@@H](CC(=O)O)S2)ccc1OC(=O)c1ccccc1. The summed E-state index contributed by atoms with van der Waals surface area (Å²) in [6.07, 6.45) is 1.13. The lowest BCUT2D eigenvalue weighted by Crippen LogP contribution is -2.26. The van der Waals surface area contributed by atoms with Gasteiger partial charge in [0.2, 0.25) is 5.91 Å². The molecule has 1 atom stereocenters. The number of hydrogen-bond acceptors (Lipinski definition) is 8. The quantitative estimate of drug-likeness (QED) is 0.300. The predicted octanol–water partition coefficient (Wildman–Crippen LogP) is 2.31. The van der Waals surface area contributed by atoms with Crippen molar-refractivity contribution in [2.75, 3.05) is 7.11 Å². The summed E-state index contributed by atoms with van der Waals surface area (Å²) in [6, 6.07) is 13.4. The number of benzene rings is 2. The monoisotopic (exact) mass is 427 g/mol. The molecule has 10 heteroatoms. The van der Waals surface area contributed by atoms with Gasteiger partial charge in [0.05, 0.1) is 25.3 Å². The fourth-order valence-electron chi connectivity index (χ4n) is 2.47. The van der Waals surface area contributed by atoms with E-state index in [0.717, 1.165) is 11.8 Å². The van der Waals surface area contributed by atoms with Crippen molar-refractivity contribution in [1.82, 2.24) is 5.32 Å². The maximum absolute atomic E-state index is 12.2. The lowest BCUT2D eigenvalue weighted by atomic mass is 10.2. The van der Waals surface area contributed by atoms with Crippen molar-refractivity contribution >= 4 is 41.0 Å². The number of nitrogens with zero attached hydrogens (tertiary/aromatic N) is 2. The number of amides is 1. The number of carboxylic acids is 1. The van der Waals surface area contributed by atoms with Gasteiger partial charge < -0.3 is 19.9 Å². The molecule has 0 aromatic heterocycles. The molecule has 0 bridgehead atoms. The molecule has 154 valence electrons. The van der Waals surface area contributed by atoms with Crippen LogP contribution in [0.5, 0.6) is 11.5 Å². The Morgan fingerprint density at radius 1 is 1.20 bits per heavy atom. The first-order chi connectivity index (χ1) is 14.5. The van der Waals surface area contributed by atoms with Crippen LogP contribution < -0.4 is 14.8 Å². The van der Waals surface area contributed by atoms with E-state index in [1.807, 2.05) is 0 Å². The van der Waals surface area contributed by atoms with E-state index < -0.39 is 23.1 Å². The van der Waals surface area contributed by atoms with Gasteiger partial charge in [0, 0.05) is 0 Å². The fourth-order valence-corrected chi connectivity index (χ4v) is 3.39. The van der Waals surface area contributed by atoms with E-state index in [1.54, 1.807) is 48.5 Å². The number of methoxy groups -OCH3 is 1. The predicted molar refractivity (Wildman–Crippen MR) is 111 cm³/mol. The molecule has 0 aliphatic carbocycles. The van der Waals surface area contributed by atoms with Crippen LogP contribution in [0.1, 0.15) is 22.3 Å². The fraction of sp³-hybridized carbons (Fsp3) is 0.150. The van der Waals surface area contributed by atoms with Crippen molar-refractivity contribution < 1.29 is 29.0 Å². The Morgan fingerprint density at radius 2 is 1.97 bits per heavy atom. The number of amidine groups is 1. The highest BCUT2D eigenvalue weighted by Gasteiger charge is 2.32. The lowest BCUT2D eigenvalue weighted by molar-refractivity contribution is -0.138. The van der Waals surface area contributed by atoms with E-state index in [9.17, 15) is 14.4 Å². The third-order valence-electron chi connectivity index (χ3n) is 3.89. The molecule has 1 amide bonds. The number of ether oxygens (including phenoxy) is 2. The molecule has 3 rings (SSSR count). The van der Waals surface area contributed by atoms with Crippen molar-refractivity contribution in [2.45, 2.75) is 11.7 Å². The smallest absolute Gasteiger partial charge is 0.343 e. The first-order valence-electron chi connectivity index (χ1n) is 8.72. The van der Waals surface area contributed by atoms with Gasteiger partial charge in [-0.3, -0.25) is 9.59 Å². The van der Waals surface area contributed by atoms with Gasteiger partial charge >= 0.3 is 11.9 Å². The Balaban J connectivity index is 1.67. The molecule has 9 nitrogen and oxygen atoms in total. The normalized spacial score (nSPS) is 17.2. The van der Waals surface area contributed by atoms with Crippen LogP contribution in [-0.4, -0.2) is 46.7 Å². The van der Waals surface area contributed by atoms with Crippen molar-refractivity contribution in [3.8, 4) is 11.5 Å². The third kappa shape index (κ3) is 5.45. The van der Waals surface area contributed by atoms with Gasteiger partial charge in [-0.1, -0.05) is 30.0 Å². The van der Waals surface area contributed by atoms with Crippen molar-refractivity contribution in [2.24, 2.45) is 10.2 Å². The van der Waals surface area contributed by atoms with Crippen LogP contribution in [0, 0.1) is 0 Å². The summed E-state index contributed by atoms with van der Waals surface area (Å²) in [7, 11) is 1.45. The van der Waals surface area contributed by atoms with E-state index in [2.05, 4.69) is 15.5 Å². The Kier molecular flexibility index (Phi) is 6.81. The van der Waals surface area contributed by atoms with Gasteiger partial charge in [0.15, 0.2) is 16.7 Å². The van der Waals surface area contributed by atoms with Gasteiger partial charge in [-0.05, 0) is 35.9 Å². The maximum atomic E-state index is 12.2. The molecule has 2 aromatic carbocycles. The van der Waals surface area contributed by atoms with Gasteiger partial charge in [0.1, 0.15) is 5.25 Å². The summed E-state index contributed by atoms with van der Waals surface area (Å²) in [6.45, 7) is 0. The van der Waals surface area contributed by atoms with E-state index in [1.165, 1.54) is 13.3 Å². The molecule has 1 fully saturated rings. The summed E-state index contributed by atoms with van der Waals surface area (Å²) in [5.74, 6) is -1.40. The van der Waals surface area contributed by atoms with Gasteiger partial charge in [-0.2, -0.15) is 5.10 Å². The number of rotatable bonds is 7. The van der Waals surface area contributed by atoms with E-state index >= 15 is 0 Å². The van der Waals surface area contributed by atoms with Crippen LogP contribution >= 0.6 is 11.8 Å². The van der Waals surface area contributed by atoms with Crippen LogP contribution in [0.3, 0.4) is 0 Å². The number of carbonyl (C=O) groups is 3. The van der Waals surface area contributed by atoms with Crippen LogP contribution in [0.4, 0.5) is 0 Å². The zero-order chi connectivity index (χ0) is 21.5. The summed E-state index contributed by atoms with van der Waals surface area (Å²) in [5.41, 5.74) is 1.03. The molecule has 1 aliphatic rings. The van der Waals surface area contributed by atoms with Crippen LogP contribution in [-0.2, 0) is 9.59 Å². The zero-order valence-electron chi connectivity index (χ0n) is 15.8. The van der Waals surface area contributed by atoms with Gasteiger partial charge in [0.25, 0.3) is 0 Å². The number of esters is 1. The minimum atomic E-state index is -1.06.